The average Bonchev–Trinajstić information content (AvgIpc) is 3.16. The van der Waals surface area contributed by atoms with Crippen LogP contribution >= 0.6 is 11.6 Å². The van der Waals surface area contributed by atoms with Gasteiger partial charge in [-0.2, -0.15) is 0 Å². The summed E-state index contributed by atoms with van der Waals surface area (Å²) in [6.07, 6.45) is 0.532. The summed E-state index contributed by atoms with van der Waals surface area (Å²) in [6, 6.07) is 14.5. The molecule has 5 rings (SSSR count). The number of aromatic amines is 1. The van der Waals surface area contributed by atoms with Crippen molar-refractivity contribution in [1.82, 2.24) is 14.8 Å². The second-order valence-corrected chi connectivity index (χ2v) is 7.45. The first-order valence-electron chi connectivity index (χ1n) is 9.08. The van der Waals surface area contributed by atoms with Crippen molar-refractivity contribution in [3.05, 3.63) is 70.4 Å². The zero-order valence-corrected chi connectivity index (χ0v) is 15.5. The Balaban J connectivity index is 1.75. The van der Waals surface area contributed by atoms with Crippen molar-refractivity contribution in [1.29, 1.82) is 0 Å². The summed E-state index contributed by atoms with van der Waals surface area (Å²) in [5.74, 6) is -0.114. The predicted molar refractivity (Wildman–Crippen MR) is 104 cm³/mol. The maximum absolute atomic E-state index is 13.0. The van der Waals surface area contributed by atoms with Crippen molar-refractivity contribution in [2.45, 2.75) is 25.4 Å². The van der Waals surface area contributed by atoms with Crippen LogP contribution in [-0.4, -0.2) is 39.3 Å². The van der Waals surface area contributed by atoms with Crippen molar-refractivity contribution >= 4 is 34.4 Å². The first-order valence-corrected chi connectivity index (χ1v) is 9.46. The Bertz CT molecular complexity index is 1070. The molecule has 1 N–H and O–H groups in total. The molecular weight excluding hydrogens is 362 g/mol. The van der Waals surface area contributed by atoms with Crippen LogP contribution in [0.2, 0.25) is 5.02 Å². The average molecular weight is 380 g/mol. The molecule has 5 nitrogen and oxygen atoms in total. The lowest BCUT2D eigenvalue weighted by atomic mass is 9.89. The van der Waals surface area contributed by atoms with Crippen LogP contribution in [0.25, 0.3) is 10.9 Å². The Morgan fingerprint density at radius 3 is 2.59 bits per heavy atom. The first-order chi connectivity index (χ1) is 13.1. The maximum Gasteiger partial charge on any atom is 0.328 e. The Morgan fingerprint density at radius 2 is 1.85 bits per heavy atom. The number of para-hydroxylation sites is 1. The van der Waals surface area contributed by atoms with E-state index in [-0.39, 0.29) is 18.0 Å². The van der Waals surface area contributed by atoms with Crippen molar-refractivity contribution in [3.8, 4) is 0 Å². The van der Waals surface area contributed by atoms with Crippen molar-refractivity contribution < 1.29 is 9.59 Å². The number of imide groups is 1. The molecule has 1 saturated heterocycles. The fraction of sp³-hybridized carbons (Fsp3) is 0.238. The molecule has 2 atom stereocenters. The summed E-state index contributed by atoms with van der Waals surface area (Å²) in [5.41, 5.74) is 4.06. The largest absolute Gasteiger partial charge is 0.356 e. The van der Waals surface area contributed by atoms with Gasteiger partial charge in [0.1, 0.15) is 12.1 Å². The van der Waals surface area contributed by atoms with E-state index in [1.54, 1.807) is 4.90 Å². The molecule has 3 heterocycles. The van der Waals surface area contributed by atoms with Gasteiger partial charge in [-0.1, -0.05) is 41.9 Å². The molecule has 0 bridgehead atoms. The third-order valence-corrected chi connectivity index (χ3v) is 5.89. The molecule has 0 aliphatic carbocycles. The lowest BCUT2D eigenvalue weighted by Crippen LogP contribution is -2.44. The van der Waals surface area contributed by atoms with E-state index in [0.717, 1.165) is 27.7 Å². The molecule has 6 heteroatoms. The summed E-state index contributed by atoms with van der Waals surface area (Å²) in [4.78, 5) is 32.5. The Kier molecular flexibility index (Phi) is 3.56. The minimum absolute atomic E-state index is 0.114. The zero-order chi connectivity index (χ0) is 18.7. The minimum atomic E-state index is -0.468. The number of amides is 3. The number of carbonyl (C=O) groups is 2. The van der Waals surface area contributed by atoms with Gasteiger partial charge in [0.05, 0.1) is 0 Å². The SMILES string of the molecule is CCN1C(=O)[C@H]2Cc3c([nH]c4ccccc34)[C@@H](c3ccc(Cl)cc3)N2C1=O. The van der Waals surface area contributed by atoms with E-state index in [0.29, 0.717) is 18.0 Å². The number of urea groups is 1. The molecule has 1 fully saturated rings. The predicted octanol–water partition coefficient (Wildman–Crippen LogP) is 4.12. The minimum Gasteiger partial charge on any atom is -0.356 e. The summed E-state index contributed by atoms with van der Waals surface area (Å²) >= 11 is 6.07. The fourth-order valence-corrected chi connectivity index (χ4v) is 4.54. The highest BCUT2D eigenvalue weighted by Gasteiger charge is 2.51. The second-order valence-electron chi connectivity index (χ2n) is 7.01. The van der Waals surface area contributed by atoms with Gasteiger partial charge in [0, 0.05) is 34.6 Å². The standard InChI is InChI=1S/C21H18ClN3O2/c1-2-24-20(26)17-11-15-14-5-3-4-6-16(14)23-18(15)19(25(17)21(24)27)12-7-9-13(22)10-8-12/h3-10,17,19,23H,2,11H2,1H3/t17-,19-/m1/s1. The van der Waals surface area contributed by atoms with Gasteiger partial charge in [-0.05, 0) is 36.2 Å². The van der Waals surface area contributed by atoms with E-state index in [4.69, 9.17) is 11.6 Å². The van der Waals surface area contributed by atoms with Gasteiger partial charge in [0.15, 0.2) is 0 Å². The second kappa shape index (κ2) is 5.86. The number of H-pyrrole nitrogens is 1. The number of hydrogen-bond donors (Lipinski definition) is 1. The third kappa shape index (κ3) is 2.24. The number of fused-ring (bicyclic) bond motifs is 4. The first kappa shape index (κ1) is 16.4. The Morgan fingerprint density at radius 1 is 1.11 bits per heavy atom. The van der Waals surface area contributed by atoms with Crippen LogP contribution in [0.5, 0.6) is 0 Å². The number of hydrogen-bond acceptors (Lipinski definition) is 2. The lowest BCUT2D eigenvalue weighted by Gasteiger charge is -2.36. The number of rotatable bonds is 2. The highest BCUT2D eigenvalue weighted by atomic mass is 35.5. The molecule has 1 aromatic heterocycles. The van der Waals surface area contributed by atoms with Crippen LogP contribution in [0.1, 0.15) is 29.8 Å². The monoisotopic (exact) mass is 379 g/mol. The molecule has 3 amide bonds. The van der Waals surface area contributed by atoms with E-state index in [2.05, 4.69) is 11.1 Å². The molecule has 2 aliphatic rings. The molecule has 2 aromatic carbocycles. The van der Waals surface area contributed by atoms with Gasteiger partial charge in [-0.15, -0.1) is 0 Å². The number of carbonyl (C=O) groups excluding carboxylic acids is 2. The number of halogens is 1. The van der Waals surface area contributed by atoms with Gasteiger partial charge in [-0.25, -0.2) is 4.79 Å². The van der Waals surface area contributed by atoms with Crippen LogP contribution in [0.4, 0.5) is 4.79 Å². The van der Waals surface area contributed by atoms with Crippen molar-refractivity contribution in [2.24, 2.45) is 0 Å². The van der Waals surface area contributed by atoms with Gasteiger partial charge < -0.3 is 4.98 Å². The number of nitrogens with zero attached hydrogens (tertiary/aromatic N) is 2. The summed E-state index contributed by atoms with van der Waals surface area (Å²) in [5, 5.41) is 1.75. The number of nitrogens with one attached hydrogen (secondary N) is 1. The van der Waals surface area contributed by atoms with Gasteiger partial charge in [0.2, 0.25) is 0 Å². The van der Waals surface area contributed by atoms with Crippen molar-refractivity contribution in [2.75, 3.05) is 6.54 Å². The zero-order valence-electron chi connectivity index (χ0n) is 14.8. The van der Waals surface area contributed by atoms with Crippen LogP contribution in [0.15, 0.2) is 48.5 Å². The highest BCUT2D eigenvalue weighted by Crippen LogP contribution is 2.43. The Labute approximate surface area is 161 Å². The normalized spacial score (nSPS) is 21.7. The van der Waals surface area contributed by atoms with Crippen LogP contribution in [-0.2, 0) is 11.2 Å². The molecule has 2 aliphatic heterocycles. The molecule has 136 valence electrons. The van der Waals surface area contributed by atoms with E-state index in [1.165, 1.54) is 4.90 Å². The van der Waals surface area contributed by atoms with Crippen molar-refractivity contribution in [3.63, 3.8) is 0 Å². The molecule has 27 heavy (non-hydrogen) atoms. The van der Waals surface area contributed by atoms with E-state index in [9.17, 15) is 9.59 Å². The van der Waals surface area contributed by atoms with Gasteiger partial charge in [0.25, 0.3) is 5.91 Å². The van der Waals surface area contributed by atoms with Crippen LogP contribution in [0, 0.1) is 0 Å². The smallest absolute Gasteiger partial charge is 0.328 e. The summed E-state index contributed by atoms with van der Waals surface area (Å²) in [7, 11) is 0. The van der Waals surface area contributed by atoms with E-state index < -0.39 is 6.04 Å². The Hall–Kier alpha value is -2.79. The fourth-order valence-electron chi connectivity index (χ4n) is 4.41. The highest BCUT2D eigenvalue weighted by molar-refractivity contribution is 6.30. The van der Waals surface area contributed by atoms with Crippen LogP contribution < -0.4 is 0 Å². The van der Waals surface area contributed by atoms with E-state index >= 15 is 0 Å². The molecule has 0 unspecified atom stereocenters. The number of aromatic nitrogens is 1. The topological polar surface area (TPSA) is 56.4 Å². The van der Waals surface area contributed by atoms with Gasteiger partial charge in [-0.3, -0.25) is 14.6 Å². The van der Waals surface area contributed by atoms with Gasteiger partial charge >= 0.3 is 6.03 Å². The van der Waals surface area contributed by atoms with Crippen LogP contribution in [0.3, 0.4) is 0 Å². The maximum atomic E-state index is 13.0. The molecule has 0 radical (unpaired) electrons. The third-order valence-electron chi connectivity index (χ3n) is 5.64. The molecule has 0 saturated carbocycles. The molecule has 3 aromatic rings. The molecule has 0 spiro atoms. The lowest BCUT2D eigenvalue weighted by molar-refractivity contribution is -0.128. The molecular formula is C21H18ClN3O2. The summed E-state index contributed by atoms with van der Waals surface area (Å²) < 4.78 is 0. The quantitative estimate of drug-likeness (QED) is 0.681. The summed E-state index contributed by atoms with van der Waals surface area (Å²) in [6.45, 7) is 2.22. The number of benzene rings is 2. The van der Waals surface area contributed by atoms with E-state index in [1.807, 2.05) is 49.4 Å². The number of likely N-dealkylation sites (N-methyl/N-ethyl adjacent to an activating group) is 1.